The molecule has 0 heterocycles. The average molecular weight is 277 g/mol. The Morgan fingerprint density at radius 3 is 2.47 bits per heavy atom. The van der Waals surface area contributed by atoms with E-state index in [9.17, 15) is 4.79 Å². The number of ether oxygens (including phenoxy) is 1. The van der Waals surface area contributed by atoms with Crippen LogP contribution < -0.4 is 16.2 Å². The number of halogens is 1. The van der Waals surface area contributed by atoms with Crippen molar-refractivity contribution in [2.75, 3.05) is 18.6 Å². The van der Waals surface area contributed by atoms with Crippen LogP contribution in [0.15, 0.2) is 36.4 Å². The highest BCUT2D eigenvalue weighted by Crippen LogP contribution is 2.27. The largest absolute Gasteiger partial charge is 0.496 e. The summed E-state index contributed by atoms with van der Waals surface area (Å²) in [7, 11) is 1.49. The Balaban J connectivity index is 2.52. The van der Waals surface area contributed by atoms with Crippen LogP contribution in [-0.4, -0.2) is 12.9 Å². The van der Waals surface area contributed by atoms with E-state index in [-0.39, 0.29) is 5.78 Å². The van der Waals surface area contributed by atoms with Gasteiger partial charge in [0, 0.05) is 22.0 Å². The second-order valence-corrected chi connectivity index (χ2v) is 4.46. The molecule has 0 amide bonds. The van der Waals surface area contributed by atoms with Gasteiger partial charge in [0.15, 0.2) is 5.78 Å². The molecule has 19 heavy (non-hydrogen) atoms. The van der Waals surface area contributed by atoms with E-state index in [1.807, 2.05) is 0 Å². The first-order valence-corrected chi connectivity index (χ1v) is 5.94. The predicted octanol–water partition coefficient (Wildman–Crippen LogP) is 2.74. The molecule has 0 radical (unpaired) electrons. The molecule has 0 aliphatic carbocycles. The lowest BCUT2D eigenvalue weighted by Gasteiger charge is -2.10. The molecule has 0 spiro atoms. The molecule has 0 aromatic heterocycles. The number of methoxy groups -OCH3 is 1. The van der Waals surface area contributed by atoms with E-state index >= 15 is 0 Å². The molecule has 0 bridgehead atoms. The SMILES string of the molecule is COc1ccc(Cl)cc1C(=O)c1ccc(N)cc1N. The van der Waals surface area contributed by atoms with Gasteiger partial charge in [0.1, 0.15) is 5.75 Å². The van der Waals surface area contributed by atoms with Gasteiger partial charge in [-0.1, -0.05) is 11.6 Å². The summed E-state index contributed by atoms with van der Waals surface area (Å²) >= 11 is 5.91. The Morgan fingerprint density at radius 2 is 1.84 bits per heavy atom. The second kappa shape index (κ2) is 5.20. The minimum atomic E-state index is -0.253. The standard InChI is InChI=1S/C14H13ClN2O2/c1-19-13-5-2-8(15)6-11(13)14(18)10-4-3-9(16)7-12(10)17/h2-7H,16-17H2,1H3. The first-order chi connectivity index (χ1) is 9.02. The molecule has 5 heteroatoms. The van der Waals surface area contributed by atoms with E-state index in [1.165, 1.54) is 7.11 Å². The van der Waals surface area contributed by atoms with Crippen LogP contribution in [0.2, 0.25) is 5.02 Å². The first-order valence-electron chi connectivity index (χ1n) is 5.56. The second-order valence-electron chi connectivity index (χ2n) is 4.02. The van der Waals surface area contributed by atoms with Gasteiger partial charge in [0.2, 0.25) is 0 Å². The molecule has 0 saturated heterocycles. The zero-order chi connectivity index (χ0) is 14.0. The predicted molar refractivity (Wildman–Crippen MR) is 76.7 cm³/mol. The molecule has 4 nitrogen and oxygen atoms in total. The van der Waals surface area contributed by atoms with Crippen LogP contribution in [0.1, 0.15) is 15.9 Å². The third kappa shape index (κ3) is 2.63. The number of anilines is 2. The molecule has 2 rings (SSSR count). The van der Waals surface area contributed by atoms with Gasteiger partial charge in [-0.15, -0.1) is 0 Å². The molecular formula is C14H13ClN2O2. The topological polar surface area (TPSA) is 78.3 Å². The monoisotopic (exact) mass is 276 g/mol. The Bertz CT molecular complexity index is 641. The number of benzene rings is 2. The average Bonchev–Trinajstić information content (AvgIpc) is 2.38. The maximum atomic E-state index is 12.5. The minimum absolute atomic E-state index is 0.253. The molecule has 2 aromatic carbocycles. The van der Waals surface area contributed by atoms with Crippen LogP contribution in [0.3, 0.4) is 0 Å². The normalized spacial score (nSPS) is 10.2. The van der Waals surface area contributed by atoms with E-state index in [2.05, 4.69) is 0 Å². The molecule has 0 unspecified atom stereocenters. The van der Waals surface area contributed by atoms with E-state index in [0.29, 0.717) is 33.3 Å². The van der Waals surface area contributed by atoms with Crippen molar-refractivity contribution in [3.63, 3.8) is 0 Å². The lowest BCUT2D eigenvalue weighted by Crippen LogP contribution is -2.07. The number of hydrogen-bond acceptors (Lipinski definition) is 4. The number of carbonyl (C=O) groups excluding carboxylic acids is 1. The lowest BCUT2D eigenvalue weighted by molar-refractivity contribution is 0.103. The van der Waals surface area contributed by atoms with Gasteiger partial charge < -0.3 is 16.2 Å². The van der Waals surface area contributed by atoms with E-state index in [4.69, 9.17) is 27.8 Å². The molecule has 0 atom stereocenters. The van der Waals surface area contributed by atoms with Gasteiger partial charge in [-0.2, -0.15) is 0 Å². The number of nitrogens with two attached hydrogens (primary N) is 2. The zero-order valence-electron chi connectivity index (χ0n) is 10.3. The Labute approximate surface area is 115 Å². The van der Waals surface area contributed by atoms with Crippen molar-refractivity contribution < 1.29 is 9.53 Å². The van der Waals surface area contributed by atoms with Crippen molar-refractivity contribution in [1.82, 2.24) is 0 Å². The van der Waals surface area contributed by atoms with E-state index in [1.54, 1.807) is 36.4 Å². The fraction of sp³-hybridized carbons (Fsp3) is 0.0714. The minimum Gasteiger partial charge on any atom is -0.496 e. The quantitative estimate of drug-likeness (QED) is 0.667. The van der Waals surface area contributed by atoms with Crippen molar-refractivity contribution in [3.05, 3.63) is 52.5 Å². The van der Waals surface area contributed by atoms with Gasteiger partial charge in [-0.25, -0.2) is 0 Å². The van der Waals surface area contributed by atoms with Crippen LogP contribution >= 0.6 is 11.6 Å². The highest BCUT2D eigenvalue weighted by atomic mass is 35.5. The fourth-order valence-corrected chi connectivity index (χ4v) is 1.96. The molecule has 0 saturated carbocycles. The lowest BCUT2D eigenvalue weighted by atomic mass is 10.0. The van der Waals surface area contributed by atoms with Crippen molar-refractivity contribution in [2.24, 2.45) is 0 Å². The molecule has 2 aromatic rings. The van der Waals surface area contributed by atoms with Crippen molar-refractivity contribution >= 4 is 28.8 Å². The summed E-state index contributed by atoms with van der Waals surface area (Å²) in [5.74, 6) is 0.197. The van der Waals surface area contributed by atoms with Crippen molar-refractivity contribution in [3.8, 4) is 5.75 Å². The van der Waals surface area contributed by atoms with Crippen LogP contribution in [0.5, 0.6) is 5.75 Å². The van der Waals surface area contributed by atoms with Gasteiger partial charge in [-0.05, 0) is 36.4 Å². The third-order valence-corrected chi connectivity index (χ3v) is 2.96. The molecule has 0 aliphatic heterocycles. The summed E-state index contributed by atoms with van der Waals surface area (Å²) in [4.78, 5) is 12.5. The summed E-state index contributed by atoms with van der Waals surface area (Å²) in [6.07, 6.45) is 0. The Kier molecular flexibility index (Phi) is 3.62. The number of hydrogen-bond donors (Lipinski definition) is 2. The number of nitrogen functional groups attached to an aromatic ring is 2. The maximum absolute atomic E-state index is 12.5. The van der Waals surface area contributed by atoms with Crippen molar-refractivity contribution in [2.45, 2.75) is 0 Å². The zero-order valence-corrected chi connectivity index (χ0v) is 11.1. The van der Waals surface area contributed by atoms with Crippen molar-refractivity contribution in [1.29, 1.82) is 0 Å². The van der Waals surface area contributed by atoms with Gasteiger partial charge in [0.25, 0.3) is 0 Å². The summed E-state index contributed by atoms with van der Waals surface area (Å²) in [6, 6.07) is 9.61. The maximum Gasteiger partial charge on any atom is 0.198 e. The van der Waals surface area contributed by atoms with Crippen LogP contribution in [0.25, 0.3) is 0 Å². The Hall–Kier alpha value is -2.20. The molecular weight excluding hydrogens is 264 g/mol. The van der Waals surface area contributed by atoms with Crippen LogP contribution in [0, 0.1) is 0 Å². The summed E-state index contributed by atoms with van der Waals surface area (Å²) in [6.45, 7) is 0. The highest BCUT2D eigenvalue weighted by Gasteiger charge is 2.17. The summed E-state index contributed by atoms with van der Waals surface area (Å²) in [5, 5.41) is 0.457. The molecule has 98 valence electrons. The molecule has 4 N–H and O–H groups in total. The highest BCUT2D eigenvalue weighted by molar-refractivity contribution is 6.31. The fourth-order valence-electron chi connectivity index (χ4n) is 1.79. The van der Waals surface area contributed by atoms with E-state index in [0.717, 1.165) is 0 Å². The van der Waals surface area contributed by atoms with Crippen LogP contribution in [-0.2, 0) is 0 Å². The third-order valence-electron chi connectivity index (χ3n) is 2.73. The number of ketones is 1. The first kappa shape index (κ1) is 13.2. The van der Waals surface area contributed by atoms with Gasteiger partial charge in [-0.3, -0.25) is 4.79 Å². The Morgan fingerprint density at radius 1 is 1.11 bits per heavy atom. The van der Waals surface area contributed by atoms with E-state index < -0.39 is 0 Å². The van der Waals surface area contributed by atoms with Crippen LogP contribution in [0.4, 0.5) is 11.4 Å². The summed E-state index contributed by atoms with van der Waals surface area (Å²) < 4.78 is 5.16. The number of carbonyl (C=O) groups is 1. The molecule has 0 fully saturated rings. The molecule has 0 aliphatic rings. The van der Waals surface area contributed by atoms with Gasteiger partial charge >= 0.3 is 0 Å². The van der Waals surface area contributed by atoms with Gasteiger partial charge in [0.05, 0.1) is 12.7 Å². The number of rotatable bonds is 3. The summed E-state index contributed by atoms with van der Waals surface area (Å²) in [5.41, 5.74) is 13.0. The smallest absolute Gasteiger partial charge is 0.198 e.